The SMILES string of the molecule is C=CCOCC(CC)(OCC=C)c1cc(F)cc(OC(C)c2ccc3[nH]c(=O)ccc3c2)c1. The molecule has 1 N–H and O–H groups in total. The van der Waals surface area contributed by atoms with Gasteiger partial charge in [0.1, 0.15) is 23.3 Å². The number of pyridine rings is 1. The predicted molar refractivity (Wildman–Crippen MR) is 129 cm³/mol. The molecule has 2 atom stereocenters. The number of aromatic amines is 1. The van der Waals surface area contributed by atoms with Crippen LogP contribution in [0, 0.1) is 5.82 Å². The number of halogens is 1. The van der Waals surface area contributed by atoms with Crippen LogP contribution in [0.2, 0.25) is 0 Å². The molecule has 0 fully saturated rings. The fraction of sp³-hybridized carbons (Fsp3) is 0.296. The van der Waals surface area contributed by atoms with Crippen LogP contribution in [0.4, 0.5) is 4.39 Å². The molecule has 0 aliphatic rings. The van der Waals surface area contributed by atoms with Crippen molar-refractivity contribution in [3.05, 3.63) is 101 Å². The second-order valence-electron chi connectivity index (χ2n) is 7.86. The Hall–Kier alpha value is -3.22. The summed E-state index contributed by atoms with van der Waals surface area (Å²) in [4.78, 5) is 14.3. The first kappa shape index (κ1) is 24.4. The summed E-state index contributed by atoms with van der Waals surface area (Å²) in [6.45, 7) is 12.2. The third kappa shape index (κ3) is 5.97. The predicted octanol–water partition coefficient (Wildman–Crippen LogP) is 5.82. The van der Waals surface area contributed by atoms with Gasteiger partial charge in [0.25, 0.3) is 0 Å². The standard InChI is InChI=1S/C27H30FNO4/c1-5-12-31-18-27(7-3,32-13-6-2)22-15-23(28)17-24(16-22)33-19(4)20-8-10-25-21(14-20)9-11-26(30)29-25/h5-6,8-11,14-17,19H,1-2,7,12-13,18H2,3-4H3,(H,29,30). The van der Waals surface area contributed by atoms with Crippen molar-refractivity contribution >= 4 is 10.9 Å². The van der Waals surface area contributed by atoms with Gasteiger partial charge in [0.05, 0.1) is 19.8 Å². The van der Waals surface area contributed by atoms with Gasteiger partial charge in [-0.1, -0.05) is 25.1 Å². The van der Waals surface area contributed by atoms with E-state index in [9.17, 15) is 9.18 Å². The highest BCUT2D eigenvalue weighted by Gasteiger charge is 2.33. The number of nitrogens with one attached hydrogen (secondary N) is 1. The minimum atomic E-state index is -0.852. The maximum atomic E-state index is 14.7. The number of fused-ring (bicyclic) bond motifs is 1. The van der Waals surface area contributed by atoms with E-state index < -0.39 is 11.4 Å². The number of hydrogen-bond acceptors (Lipinski definition) is 4. The minimum Gasteiger partial charge on any atom is -0.486 e. The lowest BCUT2D eigenvalue weighted by molar-refractivity contribution is -0.0928. The molecule has 0 saturated carbocycles. The lowest BCUT2D eigenvalue weighted by Crippen LogP contribution is -2.35. The molecular weight excluding hydrogens is 421 g/mol. The van der Waals surface area contributed by atoms with Crippen LogP contribution in [-0.2, 0) is 15.1 Å². The van der Waals surface area contributed by atoms with Gasteiger partial charge in [-0.3, -0.25) is 4.79 Å². The maximum absolute atomic E-state index is 14.7. The Balaban J connectivity index is 1.90. The first-order chi connectivity index (χ1) is 15.9. The molecule has 5 nitrogen and oxygen atoms in total. The zero-order valence-electron chi connectivity index (χ0n) is 19.1. The fourth-order valence-corrected chi connectivity index (χ4v) is 3.73. The zero-order chi connectivity index (χ0) is 23.8. The summed E-state index contributed by atoms with van der Waals surface area (Å²) in [6, 6.07) is 13.5. The normalized spacial score (nSPS) is 13.9. The van der Waals surface area contributed by atoms with Crippen LogP contribution < -0.4 is 10.3 Å². The average molecular weight is 452 g/mol. The van der Waals surface area contributed by atoms with Crippen LogP contribution in [0.15, 0.2) is 78.6 Å². The fourth-order valence-electron chi connectivity index (χ4n) is 3.73. The quantitative estimate of drug-likeness (QED) is 0.279. The Morgan fingerprint density at radius 2 is 1.88 bits per heavy atom. The second kappa shape index (κ2) is 11.1. The Bertz CT molecular complexity index is 1170. The van der Waals surface area contributed by atoms with Gasteiger partial charge in [0.15, 0.2) is 0 Å². The molecule has 33 heavy (non-hydrogen) atoms. The van der Waals surface area contributed by atoms with Gasteiger partial charge < -0.3 is 19.2 Å². The van der Waals surface area contributed by atoms with Crippen LogP contribution in [0.3, 0.4) is 0 Å². The van der Waals surface area contributed by atoms with Crippen LogP contribution in [0.5, 0.6) is 5.75 Å². The van der Waals surface area contributed by atoms with E-state index in [0.717, 1.165) is 16.5 Å². The molecule has 0 saturated heterocycles. The molecule has 2 aromatic carbocycles. The second-order valence-corrected chi connectivity index (χ2v) is 7.86. The van der Waals surface area contributed by atoms with Crippen LogP contribution in [-0.4, -0.2) is 24.8 Å². The summed E-state index contributed by atoms with van der Waals surface area (Å²) >= 11 is 0. The summed E-state index contributed by atoms with van der Waals surface area (Å²) in [7, 11) is 0. The van der Waals surface area contributed by atoms with Crippen molar-refractivity contribution in [3.63, 3.8) is 0 Å². The van der Waals surface area contributed by atoms with Crippen molar-refractivity contribution in [1.29, 1.82) is 0 Å². The van der Waals surface area contributed by atoms with Crippen LogP contribution in [0.25, 0.3) is 10.9 Å². The van der Waals surface area contributed by atoms with Gasteiger partial charge in [-0.2, -0.15) is 0 Å². The van der Waals surface area contributed by atoms with E-state index in [0.29, 0.717) is 30.9 Å². The molecule has 0 aliphatic heterocycles. The largest absolute Gasteiger partial charge is 0.486 e. The molecule has 3 rings (SSSR count). The monoisotopic (exact) mass is 451 g/mol. The number of benzene rings is 2. The molecule has 1 aromatic heterocycles. The number of rotatable bonds is 12. The summed E-state index contributed by atoms with van der Waals surface area (Å²) in [5, 5.41) is 0.893. The van der Waals surface area contributed by atoms with Crippen LogP contribution >= 0.6 is 0 Å². The first-order valence-electron chi connectivity index (χ1n) is 10.9. The van der Waals surface area contributed by atoms with E-state index in [1.165, 1.54) is 18.2 Å². The average Bonchev–Trinajstić information content (AvgIpc) is 2.80. The Morgan fingerprint density at radius 3 is 2.61 bits per heavy atom. The Morgan fingerprint density at radius 1 is 1.09 bits per heavy atom. The molecule has 1 heterocycles. The number of aromatic nitrogens is 1. The number of H-pyrrole nitrogens is 1. The lowest BCUT2D eigenvalue weighted by Gasteiger charge is -2.33. The van der Waals surface area contributed by atoms with Crippen molar-refractivity contribution < 1.29 is 18.6 Å². The van der Waals surface area contributed by atoms with E-state index >= 15 is 0 Å². The molecule has 6 heteroatoms. The van der Waals surface area contributed by atoms with E-state index in [1.54, 1.807) is 24.3 Å². The molecule has 0 bridgehead atoms. The summed E-state index contributed by atoms with van der Waals surface area (Å²) in [5.74, 6) is -0.0302. The third-order valence-electron chi connectivity index (χ3n) is 5.55. The van der Waals surface area contributed by atoms with Gasteiger partial charge in [0, 0.05) is 17.6 Å². The van der Waals surface area contributed by atoms with Crippen molar-refractivity contribution in [2.45, 2.75) is 32.0 Å². The van der Waals surface area contributed by atoms with Gasteiger partial charge in [-0.25, -0.2) is 4.39 Å². The van der Waals surface area contributed by atoms with Crippen molar-refractivity contribution in [2.24, 2.45) is 0 Å². The van der Waals surface area contributed by atoms with Gasteiger partial charge in [0.2, 0.25) is 5.56 Å². The van der Waals surface area contributed by atoms with Gasteiger partial charge in [-0.05, 0) is 60.2 Å². The highest BCUT2D eigenvalue weighted by atomic mass is 19.1. The van der Waals surface area contributed by atoms with Crippen molar-refractivity contribution in [1.82, 2.24) is 4.98 Å². The summed E-state index contributed by atoms with van der Waals surface area (Å²) in [5.41, 5.74) is 1.28. The first-order valence-corrected chi connectivity index (χ1v) is 10.9. The number of ether oxygens (including phenoxy) is 3. The Kier molecular flexibility index (Phi) is 8.20. The van der Waals surface area contributed by atoms with Gasteiger partial charge in [-0.15, -0.1) is 13.2 Å². The van der Waals surface area contributed by atoms with E-state index in [1.807, 2.05) is 32.0 Å². The summed E-state index contributed by atoms with van der Waals surface area (Å²) in [6.07, 6.45) is 3.54. The van der Waals surface area contributed by atoms with E-state index in [-0.39, 0.29) is 18.3 Å². The molecule has 0 aliphatic carbocycles. The van der Waals surface area contributed by atoms with Crippen molar-refractivity contribution in [3.8, 4) is 5.75 Å². The Labute approximate surface area is 193 Å². The molecule has 2 unspecified atom stereocenters. The van der Waals surface area contributed by atoms with Crippen LogP contribution in [0.1, 0.15) is 37.5 Å². The van der Waals surface area contributed by atoms with Crippen molar-refractivity contribution in [2.75, 3.05) is 19.8 Å². The lowest BCUT2D eigenvalue weighted by atomic mass is 9.91. The topological polar surface area (TPSA) is 60.6 Å². The number of hydrogen-bond donors (Lipinski definition) is 1. The highest BCUT2D eigenvalue weighted by molar-refractivity contribution is 5.79. The highest BCUT2D eigenvalue weighted by Crippen LogP contribution is 2.34. The molecule has 0 amide bonds. The van der Waals surface area contributed by atoms with Gasteiger partial charge >= 0.3 is 0 Å². The maximum Gasteiger partial charge on any atom is 0.248 e. The zero-order valence-corrected chi connectivity index (χ0v) is 19.1. The molecule has 0 radical (unpaired) electrons. The smallest absolute Gasteiger partial charge is 0.248 e. The van der Waals surface area contributed by atoms with E-state index in [4.69, 9.17) is 14.2 Å². The molecule has 174 valence electrons. The minimum absolute atomic E-state index is 0.151. The third-order valence-corrected chi connectivity index (χ3v) is 5.55. The molecular formula is C27H30FNO4. The molecule has 0 spiro atoms. The summed E-state index contributed by atoms with van der Waals surface area (Å²) < 4.78 is 32.6. The van der Waals surface area contributed by atoms with E-state index in [2.05, 4.69) is 18.1 Å². The molecule has 3 aromatic rings.